The van der Waals surface area contributed by atoms with Crippen LogP contribution in [0.15, 0.2) is 12.1 Å². The van der Waals surface area contributed by atoms with Crippen LogP contribution in [-0.2, 0) is 6.42 Å². The van der Waals surface area contributed by atoms with E-state index in [1.807, 2.05) is 0 Å². The Hall–Kier alpha value is -1.42. The highest BCUT2D eigenvalue weighted by Gasteiger charge is 2.41. The van der Waals surface area contributed by atoms with Gasteiger partial charge in [-0.2, -0.15) is 0 Å². The van der Waals surface area contributed by atoms with Gasteiger partial charge in [-0.05, 0) is 18.9 Å². The first kappa shape index (κ1) is 8.85. The zero-order chi connectivity index (χ0) is 10.5. The van der Waals surface area contributed by atoms with Gasteiger partial charge in [0.2, 0.25) is 6.79 Å². The Bertz CT molecular complexity index is 409. The molecule has 0 aromatic heterocycles. The van der Waals surface area contributed by atoms with Crippen molar-refractivity contribution in [3.05, 3.63) is 17.7 Å². The summed E-state index contributed by atoms with van der Waals surface area (Å²) in [5.41, 5.74) is 0.232. The zero-order valence-electron chi connectivity index (χ0n) is 8.19. The fourth-order valence-corrected chi connectivity index (χ4v) is 1.87. The van der Waals surface area contributed by atoms with Crippen molar-refractivity contribution in [1.29, 1.82) is 0 Å². The lowest BCUT2D eigenvalue weighted by Gasteiger charge is -2.10. The molecule has 3 rings (SSSR count). The summed E-state index contributed by atoms with van der Waals surface area (Å²) in [7, 11) is 0. The summed E-state index contributed by atoms with van der Waals surface area (Å²) in [4.78, 5) is 0. The first-order chi connectivity index (χ1) is 7.16. The average Bonchev–Trinajstić information content (AvgIpc) is 2.73. The number of aromatic hydroxyl groups is 1. The first-order valence-electron chi connectivity index (χ1n) is 5.00. The van der Waals surface area contributed by atoms with Crippen LogP contribution >= 0.6 is 0 Å². The van der Waals surface area contributed by atoms with E-state index in [1.54, 1.807) is 6.07 Å². The van der Waals surface area contributed by atoms with E-state index in [-0.39, 0.29) is 12.5 Å². The van der Waals surface area contributed by atoms with E-state index in [1.165, 1.54) is 6.07 Å². The predicted molar refractivity (Wildman–Crippen MR) is 52.1 cm³/mol. The van der Waals surface area contributed by atoms with Crippen molar-refractivity contribution in [1.82, 2.24) is 0 Å². The lowest BCUT2D eigenvalue weighted by atomic mass is 10.0. The SMILES string of the molecule is Oc1cc(CC2(O)CC2)c2c(c1)OCO2. The van der Waals surface area contributed by atoms with E-state index >= 15 is 0 Å². The number of phenolic OH excluding ortho intramolecular Hbond substituents is 1. The van der Waals surface area contributed by atoms with Crippen molar-refractivity contribution < 1.29 is 19.7 Å². The largest absolute Gasteiger partial charge is 0.508 e. The Morgan fingerprint density at radius 3 is 2.80 bits per heavy atom. The number of aliphatic hydroxyl groups is 1. The maximum Gasteiger partial charge on any atom is 0.231 e. The monoisotopic (exact) mass is 208 g/mol. The summed E-state index contributed by atoms with van der Waals surface area (Å²) in [5.74, 6) is 1.38. The molecule has 80 valence electrons. The normalized spacial score (nSPS) is 20.3. The molecule has 4 heteroatoms. The van der Waals surface area contributed by atoms with Gasteiger partial charge in [-0.1, -0.05) is 0 Å². The quantitative estimate of drug-likeness (QED) is 0.766. The molecule has 0 radical (unpaired) electrons. The molecule has 1 aromatic carbocycles. The second kappa shape index (κ2) is 2.79. The van der Waals surface area contributed by atoms with Crippen LogP contribution in [0.1, 0.15) is 18.4 Å². The minimum absolute atomic E-state index is 0.151. The topological polar surface area (TPSA) is 58.9 Å². The van der Waals surface area contributed by atoms with Crippen LogP contribution < -0.4 is 9.47 Å². The fourth-order valence-electron chi connectivity index (χ4n) is 1.87. The highest BCUT2D eigenvalue weighted by atomic mass is 16.7. The van der Waals surface area contributed by atoms with Crippen LogP contribution in [0.3, 0.4) is 0 Å². The van der Waals surface area contributed by atoms with Gasteiger partial charge in [-0.25, -0.2) is 0 Å². The summed E-state index contributed by atoms with van der Waals surface area (Å²) in [6.45, 7) is 0.185. The lowest BCUT2D eigenvalue weighted by Crippen LogP contribution is -2.11. The summed E-state index contributed by atoms with van der Waals surface area (Å²) in [6, 6.07) is 3.16. The van der Waals surface area contributed by atoms with E-state index < -0.39 is 5.60 Å². The van der Waals surface area contributed by atoms with Gasteiger partial charge in [-0.3, -0.25) is 0 Å². The van der Waals surface area contributed by atoms with E-state index in [0.29, 0.717) is 17.9 Å². The molecule has 4 nitrogen and oxygen atoms in total. The van der Waals surface area contributed by atoms with E-state index in [2.05, 4.69) is 0 Å². The van der Waals surface area contributed by atoms with E-state index in [4.69, 9.17) is 9.47 Å². The molecule has 0 unspecified atom stereocenters. The third-order valence-electron chi connectivity index (χ3n) is 2.88. The Morgan fingerprint density at radius 2 is 2.07 bits per heavy atom. The average molecular weight is 208 g/mol. The van der Waals surface area contributed by atoms with Gasteiger partial charge in [0.1, 0.15) is 5.75 Å². The van der Waals surface area contributed by atoms with Crippen LogP contribution in [0.4, 0.5) is 0 Å². The molecule has 1 aromatic rings. The highest BCUT2D eigenvalue weighted by molar-refractivity contribution is 5.53. The third-order valence-corrected chi connectivity index (χ3v) is 2.88. The number of hydrogen-bond acceptors (Lipinski definition) is 4. The molecule has 1 aliphatic heterocycles. The Kier molecular flexibility index (Phi) is 1.65. The fraction of sp³-hybridized carbons (Fsp3) is 0.455. The van der Waals surface area contributed by atoms with Gasteiger partial charge in [0, 0.05) is 18.1 Å². The van der Waals surface area contributed by atoms with E-state index in [0.717, 1.165) is 18.4 Å². The Labute approximate surface area is 87.1 Å². The minimum atomic E-state index is -0.590. The minimum Gasteiger partial charge on any atom is -0.508 e. The number of hydrogen-bond donors (Lipinski definition) is 2. The van der Waals surface area contributed by atoms with Gasteiger partial charge in [0.05, 0.1) is 5.60 Å². The molecule has 15 heavy (non-hydrogen) atoms. The summed E-state index contributed by atoms with van der Waals surface area (Å²) >= 11 is 0. The number of ether oxygens (including phenoxy) is 2. The van der Waals surface area contributed by atoms with Crippen LogP contribution in [-0.4, -0.2) is 22.6 Å². The maximum atomic E-state index is 9.83. The molecule has 2 N–H and O–H groups in total. The molecule has 2 aliphatic rings. The van der Waals surface area contributed by atoms with Gasteiger partial charge in [0.15, 0.2) is 11.5 Å². The smallest absolute Gasteiger partial charge is 0.231 e. The standard InChI is InChI=1S/C11H12O4/c12-8-3-7(5-11(13)1-2-11)10-9(4-8)14-6-15-10/h3-4,12-13H,1-2,5-6H2. The molecule has 0 bridgehead atoms. The van der Waals surface area contributed by atoms with Crippen molar-refractivity contribution in [3.8, 4) is 17.2 Å². The maximum absolute atomic E-state index is 9.83. The van der Waals surface area contributed by atoms with Gasteiger partial charge in [0.25, 0.3) is 0 Å². The molecule has 0 amide bonds. The summed E-state index contributed by atoms with van der Waals surface area (Å²) < 4.78 is 10.5. The van der Waals surface area contributed by atoms with E-state index in [9.17, 15) is 10.2 Å². The molecule has 1 heterocycles. The number of rotatable bonds is 2. The van der Waals surface area contributed by atoms with Crippen molar-refractivity contribution in [2.45, 2.75) is 24.9 Å². The molecule has 1 aliphatic carbocycles. The van der Waals surface area contributed by atoms with Crippen LogP contribution in [0, 0.1) is 0 Å². The van der Waals surface area contributed by atoms with Gasteiger partial charge < -0.3 is 19.7 Å². The first-order valence-corrected chi connectivity index (χ1v) is 5.00. The highest BCUT2D eigenvalue weighted by Crippen LogP contribution is 2.45. The summed E-state index contributed by atoms with van der Waals surface area (Å²) in [6.07, 6.45) is 2.16. The molecule has 0 atom stereocenters. The predicted octanol–water partition coefficient (Wildman–Crippen LogP) is 1.19. The third kappa shape index (κ3) is 1.51. The molecule has 1 fully saturated rings. The van der Waals surface area contributed by atoms with Crippen LogP contribution in [0.25, 0.3) is 0 Å². The second-order valence-corrected chi connectivity index (χ2v) is 4.24. The van der Waals surface area contributed by atoms with Crippen molar-refractivity contribution in [2.24, 2.45) is 0 Å². The van der Waals surface area contributed by atoms with Crippen molar-refractivity contribution >= 4 is 0 Å². The second-order valence-electron chi connectivity index (χ2n) is 4.24. The summed E-state index contributed by atoms with van der Waals surface area (Å²) in [5, 5.41) is 19.3. The molecule has 1 saturated carbocycles. The zero-order valence-corrected chi connectivity index (χ0v) is 8.19. The number of benzene rings is 1. The molecular formula is C11H12O4. The molecule has 0 spiro atoms. The van der Waals surface area contributed by atoms with Crippen molar-refractivity contribution in [2.75, 3.05) is 6.79 Å². The van der Waals surface area contributed by atoms with Gasteiger partial charge >= 0.3 is 0 Å². The Morgan fingerprint density at radius 1 is 1.27 bits per heavy atom. The number of phenols is 1. The van der Waals surface area contributed by atoms with Gasteiger partial charge in [-0.15, -0.1) is 0 Å². The van der Waals surface area contributed by atoms with Crippen LogP contribution in [0.2, 0.25) is 0 Å². The van der Waals surface area contributed by atoms with Crippen LogP contribution in [0.5, 0.6) is 17.2 Å². The molecular weight excluding hydrogens is 196 g/mol. The molecule has 0 saturated heterocycles. The Balaban J connectivity index is 1.99. The van der Waals surface area contributed by atoms with Crippen molar-refractivity contribution in [3.63, 3.8) is 0 Å². The lowest BCUT2D eigenvalue weighted by molar-refractivity contribution is 0.147. The number of fused-ring (bicyclic) bond motifs is 1.